The fraction of sp³-hybridized carbons (Fsp3) is 0.429. The van der Waals surface area contributed by atoms with Gasteiger partial charge in [-0.25, -0.2) is 18.7 Å². The molecule has 2 aromatic carbocycles. The molecule has 8 nitrogen and oxygen atoms in total. The fourth-order valence-corrected chi connectivity index (χ4v) is 5.39. The number of aliphatic hydroxyl groups excluding tert-OH is 1. The molecule has 0 spiro atoms. The number of amides is 1. The predicted octanol–water partition coefficient (Wildman–Crippen LogP) is 4.18. The zero-order chi connectivity index (χ0) is 28.0. The summed E-state index contributed by atoms with van der Waals surface area (Å²) in [6, 6.07) is 6.84. The predicted molar refractivity (Wildman–Crippen MR) is 140 cm³/mol. The quantitative estimate of drug-likeness (QED) is 0.211. The second-order valence-electron chi connectivity index (χ2n) is 9.89. The van der Waals surface area contributed by atoms with Crippen LogP contribution < -0.4 is 15.5 Å². The SMILES string of the molecule is COc1ccc2ncc(CO)c(CCCC3(C(=O)NO)CCN(CCNc4c(F)cc(F)cc4F)CC3)c2c1. The van der Waals surface area contributed by atoms with Gasteiger partial charge >= 0.3 is 0 Å². The molecule has 4 rings (SSSR count). The van der Waals surface area contributed by atoms with Gasteiger partial charge in [0.15, 0.2) is 11.6 Å². The number of nitrogens with zero attached hydrogens (tertiary/aromatic N) is 2. The minimum Gasteiger partial charge on any atom is -0.497 e. The van der Waals surface area contributed by atoms with Gasteiger partial charge in [0.05, 0.1) is 24.6 Å². The first kappa shape index (κ1) is 28.6. The average Bonchev–Trinajstić information content (AvgIpc) is 2.94. The Hall–Kier alpha value is -3.41. The number of hydrogen-bond donors (Lipinski definition) is 4. The minimum atomic E-state index is -0.991. The highest BCUT2D eigenvalue weighted by molar-refractivity contribution is 5.84. The molecule has 3 aromatic rings. The van der Waals surface area contributed by atoms with Crippen LogP contribution >= 0.6 is 0 Å². The van der Waals surface area contributed by atoms with Crippen molar-refractivity contribution >= 4 is 22.5 Å². The number of hydroxylamine groups is 1. The number of aromatic nitrogens is 1. The lowest BCUT2D eigenvalue weighted by atomic mass is 9.73. The number of piperidine rings is 1. The van der Waals surface area contributed by atoms with Crippen LogP contribution in [-0.4, -0.2) is 59.4 Å². The number of carbonyl (C=O) groups excluding carboxylic acids is 1. The second-order valence-corrected chi connectivity index (χ2v) is 9.89. The van der Waals surface area contributed by atoms with Gasteiger partial charge in [0.2, 0.25) is 5.91 Å². The van der Waals surface area contributed by atoms with Crippen molar-refractivity contribution in [2.75, 3.05) is 38.6 Å². The van der Waals surface area contributed by atoms with Crippen LogP contribution in [0.4, 0.5) is 18.9 Å². The second kappa shape index (κ2) is 12.6. The van der Waals surface area contributed by atoms with Gasteiger partial charge in [-0.05, 0) is 74.5 Å². The van der Waals surface area contributed by atoms with Crippen LogP contribution in [0.5, 0.6) is 5.75 Å². The molecule has 0 saturated carbocycles. The third-order valence-corrected chi connectivity index (χ3v) is 7.66. The number of fused-ring (bicyclic) bond motifs is 1. The molecule has 1 aliphatic heterocycles. The Labute approximate surface area is 224 Å². The van der Waals surface area contributed by atoms with E-state index >= 15 is 0 Å². The number of ether oxygens (including phenoxy) is 1. The number of likely N-dealkylation sites (tertiary alicyclic amines) is 1. The molecule has 0 aliphatic carbocycles. The smallest absolute Gasteiger partial charge is 0.249 e. The lowest BCUT2D eigenvalue weighted by Crippen LogP contribution is -2.49. The number of anilines is 1. The summed E-state index contributed by atoms with van der Waals surface area (Å²) in [7, 11) is 1.59. The molecule has 1 fully saturated rings. The van der Waals surface area contributed by atoms with Crippen molar-refractivity contribution in [1.29, 1.82) is 0 Å². The fourth-order valence-electron chi connectivity index (χ4n) is 5.39. The number of rotatable bonds is 11. The number of halogens is 3. The first-order valence-corrected chi connectivity index (χ1v) is 12.9. The van der Waals surface area contributed by atoms with Gasteiger partial charge in [-0.1, -0.05) is 0 Å². The van der Waals surface area contributed by atoms with Crippen molar-refractivity contribution in [2.45, 2.75) is 38.7 Å². The van der Waals surface area contributed by atoms with Crippen molar-refractivity contribution in [1.82, 2.24) is 15.4 Å². The van der Waals surface area contributed by atoms with Crippen molar-refractivity contribution in [2.24, 2.45) is 5.41 Å². The van der Waals surface area contributed by atoms with E-state index in [1.54, 1.807) is 13.3 Å². The molecule has 1 saturated heterocycles. The maximum Gasteiger partial charge on any atom is 0.249 e. The zero-order valence-electron chi connectivity index (χ0n) is 21.8. The molecule has 0 bridgehead atoms. The lowest BCUT2D eigenvalue weighted by Gasteiger charge is -2.40. The van der Waals surface area contributed by atoms with Gasteiger partial charge in [0.25, 0.3) is 0 Å². The molecule has 1 amide bonds. The van der Waals surface area contributed by atoms with Gasteiger partial charge in [0.1, 0.15) is 17.3 Å². The van der Waals surface area contributed by atoms with Gasteiger partial charge in [-0.15, -0.1) is 0 Å². The van der Waals surface area contributed by atoms with Crippen LogP contribution in [0.15, 0.2) is 36.5 Å². The summed E-state index contributed by atoms with van der Waals surface area (Å²) in [6.45, 7) is 1.66. The lowest BCUT2D eigenvalue weighted by molar-refractivity contribution is -0.143. The Bertz CT molecular complexity index is 1290. The number of aliphatic hydroxyl groups is 1. The van der Waals surface area contributed by atoms with Gasteiger partial charge in [-0.3, -0.25) is 15.0 Å². The molecule has 4 N–H and O–H groups in total. The Morgan fingerprint density at radius 3 is 2.51 bits per heavy atom. The molecule has 0 atom stereocenters. The Kier molecular flexibility index (Phi) is 9.26. The summed E-state index contributed by atoms with van der Waals surface area (Å²) in [5.41, 5.74) is 3.15. The Morgan fingerprint density at radius 2 is 1.87 bits per heavy atom. The zero-order valence-corrected chi connectivity index (χ0v) is 21.8. The maximum atomic E-state index is 13.9. The van der Waals surface area contributed by atoms with Crippen LogP contribution in [-0.2, 0) is 17.8 Å². The summed E-state index contributed by atoms with van der Waals surface area (Å²) in [5.74, 6) is -2.71. The molecular weight excluding hydrogens is 513 g/mol. The van der Waals surface area contributed by atoms with E-state index in [1.165, 1.54) is 0 Å². The van der Waals surface area contributed by atoms with Crippen LogP contribution in [0.25, 0.3) is 10.9 Å². The monoisotopic (exact) mass is 546 g/mol. The molecule has 1 aliphatic rings. The van der Waals surface area contributed by atoms with Crippen LogP contribution in [0.1, 0.15) is 36.8 Å². The highest BCUT2D eigenvalue weighted by atomic mass is 19.1. The highest BCUT2D eigenvalue weighted by Gasteiger charge is 2.40. The standard InChI is InChI=1S/C28H33F3N4O4/c1-39-20-4-5-25-22(15-20)21(18(17-36)16-33-25)3-2-6-28(27(37)34-38)7-10-35(11-8-28)12-9-32-26-23(30)13-19(29)14-24(26)31/h4-5,13-16,32,36,38H,2-3,6-12,17H2,1H3,(H,34,37). The van der Waals surface area contributed by atoms with E-state index in [2.05, 4.69) is 15.2 Å². The number of methoxy groups -OCH3 is 1. The Balaban J connectivity index is 1.38. The van der Waals surface area contributed by atoms with Crippen molar-refractivity contribution in [3.63, 3.8) is 0 Å². The molecule has 1 aromatic heterocycles. The number of carbonyl (C=O) groups is 1. The minimum absolute atomic E-state index is 0.160. The average molecular weight is 547 g/mol. The number of aryl methyl sites for hydroxylation is 1. The van der Waals surface area contributed by atoms with Crippen LogP contribution in [0.2, 0.25) is 0 Å². The summed E-state index contributed by atoms with van der Waals surface area (Å²) in [5, 5.41) is 23.0. The maximum absolute atomic E-state index is 13.9. The van der Waals surface area contributed by atoms with E-state index in [4.69, 9.17) is 4.74 Å². The van der Waals surface area contributed by atoms with E-state index < -0.39 is 28.8 Å². The van der Waals surface area contributed by atoms with E-state index in [0.717, 1.165) is 16.5 Å². The van der Waals surface area contributed by atoms with Crippen molar-refractivity contribution < 1.29 is 33.0 Å². The largest absolute Gasteiger partial charge is 0.497 e. The number of hydrogen-bond acceptors (Lipinski definition) is 7. The molecule has 0 radical (unpaired) electrons. The third-order valence-electron chi connectivity index (χ3n) is 7.66. The number of pyridine rings is 1. The van der Waals surface area contributed by atoms with E-state index in [1.807, 2.05) is 23.7 Å². The van der Waals surface area contributed by atoms with Crippen molar-refractivity contribution in [3.8, 4) is 5.75 Å². The number of benzene rings is 2. The first-order chi connectivity index (χ1) is 18.8. The molecule has 2 heterocycles. The summed E-state index contributed by atoms with van der Waals surface area (Å²) in [4.78, 5) is 19.3. The summed E-state index contributed by atoms with van der Waals surface area (Å²) >= 11 is 0. The highest BCUT2D eigenvalue weighted by Crippen LogP contribution is 2.38. The molecule has 11 heteroatoms. The normalized spacial score (nSPS) is 15.3. The van der Waals surface area contributed by atoms with Crippen LogP contribution in [0, 0.1) is 22.9 Å². The summed E-state index contributed by atoms with van der Waals surface area (Å²) in [6.07, 6.45) is 4.42. The van der Waals surface area contributed by atoms with Crippen molar-refractivity contribution in [3.05, 3.63) is 65.1 Å². The van der Waals surface area contributed by atoms with E-state index in [9.17, 15) is 28.3 Å². The molecule has 0 unspecified atom stereocenters. The third kappa shape index (κ3) is 6.43. The van der Waals surface area contributed by atoms with E-state index in [0.29, 0.717) is 75.2 Å². The number of nitrogens with one attached hydrogen (secondary N) is 2. The van der Waals surface area contributed by atoms with Crippen LogP contribution in [0.3, 0.4) is 0 Å². The van der Waals surface area contributed by atoms with E-state index in [-0.39, 0.29) is 18.8 Å². The first-order valence-electron chi connectivity index (χ1n) is 12.9. The molecular formula is C28H33F3N4O4. The molecule has 39 heavy (non-hydrogen) atoms. The topological polar surface area (TPSA) is 107 Å². The molecule has 210 valence electrons. The Morgan fingerprint density at radius 1 is 1.15 bits per heavy atom. The summed E-state index contributed by atoms with van der Waals surface area (Å²) < 4.78 is 46.2. The van der Waals surface area contributed by atoms with Gasteiger partial charge in [-0.2, -0.15) is 0 Å². The van der Waals surface area contributed by atoms with Gasteiger partial charge < -0.3 is 20.1 Å². The van der Waals surface area contributed by atoms with Gasteiger partial charge in [0, 0.05) is 36.8 Å².